The smallest absolute Gasteiger partial charge is 0.305 e. The first kappa shape index (κ1) is 105. The molecule has 3 saturated heterocycles. The van der Waals surface area contributed by atoms with Gasteiger partial charge >= 0.3 is 5.97 Å². The zero-order chi connectivity index (χ0) is 98.2. The number of aliphatic hydroxyl groups excluding tert-OH is 3. The number of aliphatic hydroxyl groups is 3. The van der Waals surface area contributed by atoms with Crippen molar-refractivity contribution in [2.24, 2.45) is 23.3 Å². The van der Waals surface area contributed by atoms with Gasteiger partial charge < -0.3 is 109 Å². The maximum absolute atomic E-state index is 15.7. The van der Waals surface area contributed by atoms with E-state index in [9.17, 15) is 68.3 Å². The molecule has 724 valence electrons. The normalized spacial score (nSPS) is 25.3. The topological polar surface area (TPSA) is 567 Å². The highest BCUT2D eigenvalue weighted by Crippen LogP contribution is 2.30. The molecule has 2 unspecified atom stereocenters. The molecule has 3 aliphatic rings. The molecule has 42 heteroatoms. The molecular weight excluding hydrogens is 1770 g/mol. The average Bonchev–Trinajstić information content (AvgIpc) is 1.62. The number of thioether (sulfide) groups is 1. The fraction of sp³-hybridized carbons (Fsp3) is 0.478. The number of rotatable bonds is 23. The minimum Gasteiger partial charge on any atom is -0.508 e. The summed E-state index contributed by atoms with van der Waals surface area (Å²) in [6, 6.07) is 7.27. The van der Waals surface area contributed by atoms with Gasteiger partial charge in [-0.1, -0.05) is 138 Å². The highest BCUT2D eigenvalue weighted by Gasteiger charge is 2.49. The van der Waals surface area contributed by atoms with Crippen molar-refractivity contribution in [2.75, 3.05) is 52.3 Å². The number of para-hydroxylation sites is 1. The molecule has 4 heterocycles. The van der Waals surface area contributed by atoms with E-state index < -0.39 is 291 Å². The number of phenolic OH excluding ortho intramolecular Hbond substituents is 1. The summed E-state index contributed by atoms with van der Waals surface area (Å²) in [5.74, 6) is -26.0. The van der Waals surface area contributed by atoms with Gasteiger partial charge in [0.2, 0.25) is 88.6 Å². The number of nitrogens with two attached hydrogens (primary N) is 2. The number of H-pyrrole nitrogens is 1. The molecule has 9 rings (SSSR count). The first-order valence-corrected chi connectivity index (χ1v) is 45.2. The average molecular weight is 1890 g/mol. The second-order valence-electron chi connectivity index (χ2n) is 34.7. The number of likely N-dealkylation sites (N-methyl/N-ethyl adjacent to an activating group) is 3. The van der Waals surface area contributed by atoms with E-state index in [1.165, 1.54) is 59.3 Å². The highest BCUT2D eigenvalue weighted by atomic mass is 32.2. The van der Waals surface area contributed by atoms with E-state index in [1.807, 2.05) is 0 Å². The molecule has 15 amide bonds. The van der Waals surface area contributed by atoms with Crippen LogP contribution < -0.4 is 59.3 Å². The van der Waals surface area contributed by atoms with E-state index in [0.29, 0.717) is 63.5 Å². The molecule has 3 aliphatic heterocycles. The van der Waals surface area contributed by atoms with Gasteiger partial charge in [0.05, 0.1) is 49.4 Å². The van der Waals surface area contributed by atoms with Crippen LogP contribution in [0.2, 0.25) is 0 Å². The number of amides is 15. The lowest BCUT2D eigenvalue weighted by Crippen LogP contribution is -2.62. The lowest BCUT2D eigenvalue weighted by Gasteiger charge is -2.41. The number of carboxylic acid groups (broad SMARTS) is 1. The van der Waals surface area contributed by atoms with Crippen molar-refractivity contribution in [1.29, 1.82) is 0 Å². The van der Waals surface area contributed by atoms with Crippen LogP contribution in [-0.2, 0) is 109 Å². The monoisotopic (exact) mass is 1890 g/mol. The number of aromatic hydroxyl groups is 1. The molecule has 0 spiro atoms. The van der Waals surface area contributed by atoms with Gasteiger partial charge in [-0.25, -0.2) is 13.2 Å². The van der Waals surface area contributed by atoms with Gasteiger partial charge in [-0.05, 0) is 89.2 Å². The molecule has 16 atom stereocenters. The summed E-state index contributed by atoms with van der Waals surface area (Å²) >= 11 is 0.650. The quantitative estimate of drug-likeness (QED) is 0.0359. The van der Waals surface area contributed by atoms with Gasteiger partial charge in [0, 0.05) is 95.6 Å². The fourth-order valence-electron chi connectivity index (χ4n) is 16.5. The molecule has 6 aromatic rings. The third kappa shape index (κ3) is 28.7. The van der Waals surface area contributed by atoms with Crippen LogP contribution >= 0.6 is 11.8 Å². The Kier molecular flexibility index (Phi) is 37.9. The van der Waals surface area contributed by atoms with Crippen LogP contribution in [-0.4, -0.2) is 299 Å². The van der Waals surface area contributed by atoms with Crippen molar-refractivity contribution in [2.45, 2.75) is 215 Å². The zero-order valence-corrected chi connectivity index (χ0v) is 76.3. The van der Waals surface area contributed by atoms with Crippen molar-refractivity contribution >= 4 is 117 Å². The van der Waals surface area contributed by atoms with E-state index in [0.717, 1.165) is 24.5 Å². The lowest BCUT2D eigenvalue weighted by molar-refractivity contribution is -0.152. The van der Waals surface area contributed by atoms with Crippen molar-refractivity contribution in [1.82, 2.24) is 77.3 Å². The largest absolute Gasteiger partial charge is 0.508 e. The van der Waals surface area contributed by atoms with Crippen molar-refractivity contribution < 1.29 is 115 Å². The Hall–Kier alpha value is -13.1. The number of fused-ring (bicyclic) bond motifs is 3. The number of aliphatic carboxylic acids is 1. The van der Waals surface area contributed by atoms with E-state index in [4.69, 9.17) is 11.5 Å². The second kappa shape index (κ2) is 48.6. The van der Waals surface area contributed by atoms with E-state index in [-0.39, 0.29) is 49.8 Å². The van der Waals surface area contributed by atoms with Crippen LogP contribution in [0.5, 0.6) is 5.75 Å². The van der Waals surface area contributed by atoms with Crippen LogP contribution in [0, 0.1) is 29.3 Å². The number of unbranched alkanes of at least 4 members (excludes halogenated alkanes) is 1. The minimum absolute atomic E-state index is 0.0482. The molecule has 5 aromatic carbocycles. The number of aromatic nitrogens is 1. The third-order valence-corrected chi connectivity index (χ3v) is 24.7. The van der Waals surface area contributed by atoms with Crippen LogP contribution in [0.1, 0.15) is 114 Å². The number of carboxylic acids is 1. The summed E-state index contributed by atoms with van der Waals surface area (Å²) in [5.41, 5.74) is 13.0. The van der Waals surface area contributed by atoms with Gasteiger partial charge in [-0.15, -0.1) is 11.8 Å². The first-order chi connectivity index (χ1) is 63.5. The third-order valence-electron chi connectivity index (χ3n) is 23.7. The van der Waals surface area contributed by atoms with Crippen LogP contribution in [0.3, 0.4) is 0 Å². The number of carbonyl (C=O) groups excluding carboxylic acids is 15. The molecule has 19 N–H and O–H groups in total. The van der Waals surface area contributed by atoms with Gasteiger partial charge in [0.15, 0.2) is 17.5 Å². The predicted molar refractivity (Wildman–Crippen MR) is 482 cm³/mol. The SMILES string of the molecule is CCCC[C@H]1C(O)N2C[C@H](O)C[C@@H]2C(=O)N[C@@H](CC(=O)O)C(=O)N[C@@H](C(C)C)C(=O)N(C)C(Cc2ccccc2)C(=O)N[C@@H](CC(N)=O)C(=O)N2C[C@H](O)C[C@@H]2C(=O)N[C@@H](Cc2c[nH]c3ccccc23)C(=O)N[C@@H](Cc2ccc(O)cc2)C(=O)N[C@@H](CC(C)C)C(=O)N[C@H](C(=O)NCC(N)=O)CSCC(=O)N[C@@H](Cc2cc(F)c(F)c(F)c2)C(=O)N(C)[C@@H](Cc2ccccc2)C(=O)N1C. The summed E-state index contributed by atoms with van der Waals surface area (Å²) in [7, 11) is 3.63. The number of hydrogen-bond acceptors (Lipinski definition) is 22. The van der Waals surface area contributed by atoms with Gasteiger partial charge in [-0.3, -0.25) is 81.6 Å². The summed E-state index contributed by atoms with van der Waals surface area (Å²) in [6.07, 6.45) is -8.09. The highest BCUT2D eigenvalue weighted by molar-refractivity contribution is 8.00. The lowest BCUT2D eigenvalue weighted by atomic mass is 9.98. The summed E-state index contributed by atoms with van der Waals surface area (Å²) < 4.78 is 45.1. The maximum atomic E-state index is 15.7. The number of halogens is 3. The Morgan fingerprint density at radius 2 is 1.06 bits per heavy atom. The Balaban J connectivity index is 1.14. The molecule has 0 aliphatic carbocycles. The number of nitrogens with one attached hydrogen (secondary N) is 10. The first-order valence-electron chi connectivity index (χ1n) is 44.0. The van der Waals surface area contributed by atoms with E-state index in [2.05, 4.69) is 52.8 Å². The summed E-state index contributed by atoms with van der Waals surface area (Å²) in [5, 5.41) is 79.9. The predicted octanol–water partition coefficient (Wildman–Crippen LogP) is -0.530. The molecule has 3 fully saturated rings. The van der Waals surface area contributed by atoms with Crippen LogP contribution in [0.15, 0.2) is 128 Å². The molecule has 38 nitrogen and oxygen atoms in total. The number of carbonyl (C=O) groups is 16. The molecule has 0 radical (unpaired) electrons. The molecule has 1 aromatic heterocycles. The van der Waals surface area contributed by atoms with Crippen LogP contribution in [0.4, 0.5) is 13.2 Å². The standard InChI is InChI=1S/C92H118F3N17O21S/c1-9-10-25-69-91(132)112-45-57(115)39-72(112)87(128)104-65(41-77(119)120)84(125)107-79(49(4)5)92(133)109(7)70(35-50-19-13-11-14-20-50)85(126)105-67(40-74(96)116)89(130)111-44-56(114)38-71(111)86(127)103-64(37-54-42-98-61-24-18-17-23-58(54)61)83(124)102-63(33-52-26-28-55(113)29-27-52)82(123)101-62(30-48(2)3)81(122)106-68(80(121)99-43-75(97)117)46-134-47-76(118)100-66(34-53-31-59(93)78(95)60(94)32-53)88(129)110(8)73(90(131)108(69)6)36-51-21-15-12-16-22-51/h11-24,26-29,31-32,42,48-49,56-57,62-73,79,91,98,113-115,132H,9-10,25,30,33-41,43-47H2,1-8H3,(H2,96,116)(H2,97,117)(H,99,121)(H,100,118)(H,101,123)(H,102,124)(H,103,127)(H,104,128)(H,105,126)(H,106,122)(H,107,125)(H,119,120)/t56-,57-,62+,63+,64+,65+,66+,67+,68+,69+,70?,71-,72-,73+,79+,91?/m1/s1. The number of hydrogen-bond donors (Lipinski definition) is 17. The minimum atomic E-state index is -2.04. The molecular formula is C92H118F3N17O21S. The number of phenols is 1. The molecule has 0 bridgehead atoms. The van der Waals surface area contributed by atoms with Gasteiger partial charge in [0.1, 0.15) is 78.4 Å². The van der Waals surface area contributed by atoms with Gasteiger partial charge in [-0.2, -0.15) is 0 Å². The summed E-state index contributed by atoms with van der Waals surface area (Å²) in [4.78, 5) is 243. The number of primary amides is 2. The number of nitrogens with zero attached hydrogens (tertiary/aromatic N) is 5. The Labute approximate surface area is 775 Å². The number of aromatic amines is 1. The molecule has 134 heavy (non-hydrogen) atoms. The van der Waals surface area contributed by atoms with Gasteiger partial charge in [0.25, 0.3) is 0 Å². The maximum Gasteiger partial charge on any atom is 0.305 e. The Bertz CT molecular complexity index is 5200. The van der Waals surface area contributed by atoms with Crippen molar-refractivity contribution in [3.63, 3.8) is 0 Å². The second-order valence-corrected chi connectivity index (χ2v) is 35.7. The summed E-state index contributed by atoms with van der Waals surface area (Å²) in [6.45, 7) is 6.23. The van der Waals surface area contributed by atoms with E-state index in [1.54, 1.807) is 112 Å². The Morgan fingerprint density at radius 3 is 1.66 bits per heavy atom. The van der Waals surface area contributed by atoms with Crippen LogP contribution in [0.25, 0.3) is 10.9 Å². The van der Waals surface area contributed by atoms with Crippen molar-refractivity contribution in [3.8, 4) is 5.75 Å². The fourth-order valence-corrected chi connectivity index (χ4v) is 17.4. The number of benzene rings is 5. The Morgan fingerprint density at radius 1 is 0.530 bits per heavy atom. The molecule has 0 saturated carbocycles. The zero-order valence-electron chi connectivity index (χ0n) is 75.4. The van der Waals surface area contributed by atoms with Crippen molar-refractivity contribution in [3.05, 3.63) is 173 Å². The van der Waals surface area contributed by atoms with E-state index >= 15 is 47.1 Å².